The Labute approximate surface area is 98.5 Å². The second-order valence-corrected chi connectivity index (χ2v) is 4.80. The maximum absolute atomic E-state index is 4.39. The van der Waals surface area contributed by atoms with E-state index in [1.54, 1.807) is 0 Å². The van der Waals surface area contributed by atoms with Crippen LogP contribution < -0.4 is 5.32 Å². The maximum Gasteiger partial charge on any atom is 0.0403 e. The first kappa shape index (κ1) is 11.6. The molecule has 88 valence electrons. The van der Waals surface area contributed by atoms with Gasteiger partial charge in [0.2, 0.25) is 0 Å². The highest BCUT2D eigenvalue weighted by atomic mass is 14.9. The smallest absolute Gasteiger partial charge is 0.0403 e. The zero-order valence-corrected chi connectivity index (χ0v) is 10.2. The number of hydrogen-bond acceptors (Lipinski definition) is 2. The normalized spacial score (nSPS) is 25.6. The van der Waals surface area contributed by atoms with Crippen molar-refractivity contribution < 1.29 is 0 Å². The number of hydrogen-bond donors (Lipinski definition) is 1. The maximum atomic E-state index is 4.39. The van der Waals surface area contributed by atoms with E-state index in [1.165, 1.54) is 37.8 Å². The van der Waals surface area contributed by atoms with Gasteiger partial charge in [0.25, 0.3) is 0 Å². The molecule has 1 aromatic rings. The van der Waals surface area contributed by atoms with Gasteiger partial charge in [0.15, 0.2) is 0 Å². The van der Waals surface area contributed by atoms with Crippen molar-refractivity contribution in [2.24, 2.45) is 5.92 Å². The van der Waals surface area contributed by atoms with Crippen LogP contribution in [0.2, 0.25) is 0 Å². The van der Waals surface area contributed by atoms with Gasteiger partial charge in [0.1, 0.15) is 0 Å². The Hall–Kier alpha value is -0.890. The molecule has 2 unspecified atom stereocenters. The van der Waals surface area contributed by atoms with E-state index in [0.717, 1.165) is 18.4 Å². The molecule has 1 heterocycles. The Morgan fingerprint density at radius 2 is 2.19 bits per heavy atom. The Kier molecular flexibility index (Phi) is 4.34. The summed E-state index contributed by atoms with van der Waals surface area (Å²) in [6.45, 7) is 0. The first-order valence-electron chi connectivity index (χ1n) is 6.47. The molecule has 1 aliphatic carbocycles. The van der Waals surface area contributed by atoms with Crippen molar-refractivity contribution in [2.45, 2.75) is 44.6 Å². The van der Waals surface area contributed by atoms with Crippen molar-refractivity contribution in [3.8, 4) is 0 Å². The van der Waals surface area contributed by atoms with Crippen LogP contribution in [0.25, 0.3) is 0 Å². The van der Waals surface area contributed by atoms with Gasteiger partial charge < -0.3 is 5.32 Å². The third kappa shape index (κ3) is 3.05. The second kappa shape index (κ2) is 6.00. The van der Waals surface area contributed by atoms with E-state index in [9.17, 15) is 0 Å². The SMILES string of the molecule is CNC1CCCCC1CCc1ccccn1. The highest BCUT2D eigenvalue weighted by Gasteiger charge is 2.23. The fourth-order valence-corrected chi connectivity index (χ4v) is 2.81. The molecule has 0 aromatic carbocycles. The average Bonchev–Trinajstić information content (AvgIpc) is 2.38. The summed E-state index contributed by atoms with van der Waals surface area (Å²) in [4.78, 5) is 4.39. The standard InChI is InChI=1S/C14H22N2/c1-15-14-8-3-2-6-12(14)9-10-13-7-4-5-11-16-13/h4-5,7,11-12,14-15H,2-3,6,8-10H2,1H3. The molecule has 16 heavy (non-hydrogen) atoms. The fraction of sp³-hybridized carbons (Fsp3) is 0.643. The van der Waals surface area contributed by atoms with Gasteiger partial charge in [-0.25, -0.2) is 0 Å². The lowest BCUT2D eigenvalue weighted by Crippen LogP contribution is -2.36. The molecule has 1 fully saturated rings. The van der Waals surface area contributed by atoms with Gasteiger partial charge in [-0.05, 0) is 50.8 Å². The first-order valence-corrected chi connectivity index (χ1v) is 6.47. The van der Waals surface area contributed by atoms with Gasteiger partial charge >= 0.3 is 0 Å². The molecule has 0 amide bonds. The van der Waals surface area contributed by atoms with E-state index in [4.69, 9.17) is 0 Å². The van der Waals surface area contributed by atoms with Crippen LogP contribution in [0.3, 0.4) is 0 Å². The van der Waals surface area contributed by atoms with Crippen LogP contribution in [-0.2, 0) is 6.42 Å². The number of aromatic nitrogens is 1. The van der Waals surface area contributed by atoms with Crippen molar-refractivity contribution >= 4 is 0 Å². The minimum absolute atomic E-state index is 0.734. The number of aryl methyl sites for hydroxylation is 1. The van der Waals surface area contributed by atoms with E-state index < -0.39 is 0 Å². The summed E-state index contributed by atoms with van der Waals surface area (Å²) < 4.78 is 0. The summed E-state index contributed by atoms with van der Waals surface area (Å²) in [5.74, 6) is 0.848. The number of nitrogens with one attached hydrogen (secondary N) is 1. The lowest BCUT2D eigenvalue weighted by atomic mass is 9.81. The summed E-state index contributed by atoms with van der Waals surface area (Å²) in [6, 6.07) is 6.94. The summed E-state index contributed by atoms with van der Waals surface area (Å²) in [6.07, 6.45) is 9.84. The molecule has 1 aliphatic rings. The van der Waals surface area contributed by atoms with Crippen molar-refractivity contribution in [3.63, 3.8) is 0 Å². The Balaban J connectivity index is 1.84. The number of rotatable bonds is 4. The predicted molar refractivity (Wildman–Crippen MR) is 67.4 cm³/mol. The molecule has 0 saturated heterocycles. The van der Waals surface area contributed by atoms with Crippen LogP contribution in [0.5, 0.6) is 0 Å². The minimum atomic E-state index is 0.734. The van der Waals surface area contributed by atoms with Crippen LogP contribution in [0, 0.1) is 5.92 Å². The van der Waals surface area contributed by atoms with Gasteiger partial charge in [-0.3, -0.25) is 4.98 Å². The van der Waals surface area contributed by atoms with Gasteiger partial charge in [-0.2, -0.15) is 0 Å². The molecule has 0 aliphatic heterocycles. The van der Waals surface area contributed by atoms with Gasteiger partial charge in [-0.1, -0.05) is 18.9 Å². The van der Waals surface area contributed by atoms with E-state index in [2.05, 4.69) is 29.5 Å². The first-order chi connectivity index (χ1) is 7.90. The summed E-state index contributed by atoms with van der Waals surface area (Å²) >= 11 is 0. The molecule has 2 heteroatoms. The third-order valence-electron chi connectivity index (χ3n) is 3.78. The largest absolute Gasteiger partial charge is 0.317 e. The fourth-order valence-electron chi connectivity index (χ4n) is 2.81. The molecular weight excluding hydrogens is 196 g/mol. The Bertz CT molecular complexity index is 297. The Morgan fingerprint density at radius 3 is 2.94 bits per heavy atom. The highest BCUT2D eigenvalue weighted by molar-refractivity contribution is 5.03. The van der Waals surface area contributed by atoms with Crippen molar-refractivity contribution in [2.75, 3.05) is 7.05 Å². The van der Waals surface area contributed by atoms with Crippen molar-refractivity contribution in [1.82, 2.24) is 10.3 Å². The molecule has 1 saturated carbocycles. The molecule has 2 atom stereocenters. The average molecular weight is 218 g/mol. The van der Waals surface area contributed by atoms with Crippen LogP contribution in [0.1, 0.15) is 37.8 Å². The quantitative estimate of drug-likeness (QED) is 0.840. The zero-order valence-electron chi connectivity index (χ0n) is 10.2. The summed E-state index contributed by atoms with van der Waals surface area (Å²) in [7, 11) is 2.10. The highest BCUT2D eigenvalue weighted by Crippen LogP contribution is 2.27. The lowest BCUT2D eigenvalue weighted by molar-refractivity contribution is 0.260. The van der Waals surface area contributed by atoms with Crippen LogP contribution in [0.4, 0.5) is 0 Å². The predicted octanol–water partition coefficient (Wildman–Crippen LogP) is 2.79. The molecule has 2 nitrogen and oxygen atoms in total. The minimum Gasteiger partial charge on any atom is -0.317 e. The topological polar surface area (TPSA) is 24.9 Å². The Morgan fingerprint density at radius 1 is 1.31 bits per heavy atom. The summed E-state index contributed by atoms with van der Waals surface area (Å²) in [5.41, 5.74) is 1.24. The van der Waals surface area contributed by atoms with E-state index in [1.807, 2.05) is 12.3 Å². The molecule has 1 aromatic heterocycles. The van der Waals surface area contributed by atoms with Crippen LogP contribution in [-0.4, -0.2) is 18.1 Å². The van der Waals surface area contributed by atoms with E-state index >= 15 is 0 Å². The van der Waals surface area contributed by atoms with E-state index in [-0.39, 0.29) is 0 Å². The molecule has 0 radical (unpaired) electrons. The van der Waals surface area contributed by atoms with Crippen molar-refractivity contribution in [1.29, 1.82) is 0 Å². The molecule has 1 N–H and O–H groups in total. The molecule has 2 rings (SSSR count). The second-order valence-electron chi connectivity index (χ2n) is 4.80. The molecule has 0 bridgehead atoms. The molecular formula is C14H22N2. The van der Waals surface area contributed by atoms with Gasteiger partial charge in [0.05, 0.1) is 0 Å². The monoisotopic (exact) mass is 218 g/mol. The number of nitrogens with zero attached hydrogens (tertiary/aromatic N) is 1. The van der Waals surface area contributed by atoms with Crippen molar-refractivity contribution in [3.05, 3.63) is 30.1 Å². The summed E-state index contributed by atoms with van der Waals surface area (Å²) in [5, 5.41) is 3.47. The zero-order chi connectivity index (χ0) is 11.2. The molecule has 0 spiro atoms. The number of pyridine rings is 1. The van der Waals surface area contributed by atoms with Crippen LogP contribution in [0.15, 0.2) is 24.4 Å². The van der Waals surface area contributed by atoms with Gasteiger partial charge in [-0.15, -0.1) is 0 Å². The lowest BCUT2D eigenvalue weighted by Gasteiger charge is -2.31. The van der Waals surface area contributed by atoms with Gasteiger partial charge in [0, 0.05) is 17.9 Å². The third-order valence-corrected chi connectivity index (χ3v) is 3.78. The van der Waals surface area contributed by atoms with E-state index in [0.29, 0.717) is 0 Å². The van der Waals surface area contributed by atoms with Crippen LogP contribution >= 0.6 is 0 Å².